The quantitative estimate of drug-likeness (QED) is 0.0853. The van der Waals surface area contributed by atoms with Gasteiger partial charge in [-0.15, -0.1) is 0 Å². The molecule has 0 radical (unpaired) electrons. The number of phenolic OH excluding ortho intramolecular Hbond substituents is 1. The number of benzene rings is 2. The van der Waals surface area contributed by atoms with Gasteiger partial charge in [-0.05, 0) is 109 Å². The Kier molecular flexibility index (Phi) is 24.1. The van der Waals surface area contributed by atoms with Gasteiger partial charge in [0.25, 0.3) is 0 Å². The van der Waals surface area contributed by atoms with Crippen LogP contribution in [-0.2, 0) is 41.5 Å². The number of phenols is 1. The zero-order valence-corrected chi connectivity index (χ0v) is 38.5. The first-order chi connectivity index (χ1) is 29.0. The molecule has 6 atom stereocenters. The monoisotopic (exact) mass is 849 g/mol. The molecule has 2 aromatic rings. The van der Waals surface area contributed by atoms with Gasteiger partial charge in [0.1, 0.15) is 23.6 Å². The van der Waals surface area contributed by atoms with Crippen LogP contribution in [0.1, 0.15) is 105 Å². The molecule has 0 spiro atoms. The van der Waals surface area contributed by atoms with Gasteiger partial charge in [-0.25, -0.2) is 9.59 Å². The van der Waals surface area contributed by atoms with Gasteiger partial charge < -0.3 is 35.1 Å². The van der Waals surface area contributed by atoms with E-state index in [2.05, 4.69) is 90.3 Å². The smallest absolute Gasteiger partial charge is 0.328 e. The molecule has 2 aromatic carbocycles. The first kappa shape index (κ1) is 52.5. The maximum absolute atomic E-state index is 13.4. The van der Waals surface area contributed by atoms with Crippen molar-refractivity contribution in [3.8, 4) is 11.5 Å². The molecular weight excluding hydrogens is 773 g/mol. The van der Waals surface area contributed by atoms with Gasteiger partial charge in [0, 0.05) is 31.3 Å². The molecule has 340 valence electrons. The minimum Gasteiger partial charge on any atom is -0.508 e. The van der Waals surface area contributed by atoms with Crippen LogP contribution >= 0.6 is 0 Å². The van der Waals surface area contributed by atoms with Gasteiger partial charge in [-0.2, -0.15) is 0 Å². The van der Waals surface area contributed by atoms with E-state index in [1.165, 1.54) is 14.2 Å². The molecule has 2 heterocycles. The molecule has 0 saturated carbocycles. The van der Waals surface area contributed by atoms with E-state index >= 15 is 0 Å². The number of esters is 2. The van der Waals surface area contributed by atoms with E-state index in [4.69, 9.17) is 14.2 Å². The summed E-state index contributed by atoms with van der Waals surface area (Å²) >= 11 is 0. The summed E-state index contributed by atoms with van der Waals surface area (Å²) in [7, 11) is 2.66. The van der Waals surface area contributed by atoms with Crippen molar-refractivity contribution < 1.29 is 43.6 Å². The second kappa shape index (κ2) is 28.1. The lowest BCUT2D eigenvalue weighted by molar-refractivity contribution is -0.146. The molecule has 2 aliphatic rings. The highest BCUT2D eigenvalue weighted by atomic mass is 16.5. The van der Waals surface area contributed by atoms with E-state index < -0.39 is 24.0 Å². The van der Waals surface area contributed by atoms with Gasteiger partial charge in [0.15, 0.2) is 0 Å². The number of aliphatic hydroxyl groups is 1. The number of nitrogens with one attached hydrogen (secondary N) is 2. The molecule has 0 fully saturated rings. The van der Waals surface area contributed by atoms with Crippen molar-refractivity contribution in [2.45, 2.75) is 119 Å². The van der Waals surface area contributed by atoms with E-state index in [-0.39, 0.29) is 54.3 Å². The SMILES string of the molecule is COC(=O)[C@@H]1Cc2ccc(cc2)OCCC[C@H](/C=C/C(C)C)[C@@H](CC(C)C)C(=O)N1.COC(=O)[C@H](Cc1ccc(O)cc1)NC(=O)[C@H](CC(C)C)[C@@H](/C=C/C(C)C)CCCO. The van der Waals surface area contributed by atoms with E-state index in [0.29, 0.717) is 56.0 Å². The molecule has 11 nitrogen and oxygen atoms in total. The van der Waals surface area contributed by atoms with Crippen molar-refractivity contribution in [3.05, 3.63) is 84.0 Å². The van der Waals surface area contributed by atoms with Crippen LogP contribution in [0.5, 0.6) is 11.5 Å². The number of ether oxygens (including phenoxy) is 3. The third-order valence-electron chi connectivity index (χ3n) is 10.6. The molecule has 0 unspecified atom stereocenters. The van der Waals surface area contributed by atoms with Crippen LogP contribution in [0.4, 0.5) is 0 Å². The number of amides is 2. The second-order valence-corrected chi connectivity index (χ2v) is 17.8. The lowest BCUT2D eigenvalue weighted by Gasteiger charge is -2.28. The van der Waals surface area contributed by atoms with Crippen molar-refractivity contribution >= 4 is 23.8 Å². The van der Waals surface area contributed by atoms with Gasteiger partial charge >= 0.3 is 11.9 Å². The van der Waals surface area contributed by atoms with Gasteiger partial charge in [0.05, 0.1) is 20.8 Å². The summed E-state index contributed by atoms with van der Waals surface area (Å²) in [4.78, 5) is 51.5. The number of carbonyl (C=O) groups is 4. The van der Waals surface area contributed by atoms with Crippen LogP contribution in [-0.4, -0.2) is 73.5 Å². The predicted molar refractivity (Wildman–Crippen MR) is 242 cm³/mol. The minimum atomic E-state index is -0.815. The van der Waals surface area contributed by atoms with E-state index in [0.717, 1.165) is 36.1 Å². The van der Waals surface area contributed by atoms with Crippen LogP contribution in [0.15, 0.2) is 72.8 Å². The molecule has 4 rings (SSSR count). The highest BCUT2D eigenvalue weighted by Gasteiger charge is 2.33. The van der Waals surface area contributed by atoms with Crippen LogP contribution in [0.2, 0.25) is 0 Å². The summed E-state index contributed by atoms with van der Waals surface area (Å²) in [6.45, 7) is 17.5. The fourth-order valence-electron chi connectivity index (χ4n) is 7.45. The average molecular weight is 849 g/mol. The zero-order chi connectivity index (χ0) is 45.5. The molecule has 61 heavy (non-hydrogen) atoms. The number of carbonyl (C=O) groups excluding carboxylic acids is 4. The van der Waals surface area contributed by atoms with Crippen LogP contribution in [0.25, 0.3) is 0 Å². The number of allylic oxidation sites excluding steroid dienone is 4. The summed E-state index contributed by atoms with van der Waals surface area (Å²) < 4.78 is 15.8. The predicted octanol–water partition coefficient (Wildman–Crippen LogP) is 8.41. The highest BCUT2D eigenvalue weighted by Crippen LogP contribution is 2.29. The highest BCUT2D eigenvalue weighted by molar-refractivity contribution is 5.87. The molecule has 2 aliphatic heterocycles. The van der Waals surface area contributed by atoms with Crippen molar-refractivity contribution in [2.75, 3.05) is 27.4 Å². The molecule has 0 aliphatic carbocycles. The van der Waals surface area contributed by atoms with Gasteiger partial charge in [0.2, 0.25) is 11.8 Å². The molecule has 11 heteroatoms. The molecular formula is C50H76N2O9. The Morgan fingerprint density at radius 1 is 0.885 bits per heavy atom. The van der Waals surface area contributed by atoms with Crippen LogP contribution < -0.4 is 15.4 Å². The third kappa shape index (κ3) is 20.2. The molecule has 0 saturated heterocycles. The largest absolute Gasteiger partial charge is 0.508 e. The Labute approximate surface area is 366 Å². The molecule has 4 N–H and O–H groups in total. The van der Waals surface area contributed by atoms with E-state index in [1.54, 1.807) is 24.3 Å². The maximum atomic E-state index is 13.4. The number of methoxy groups -OCH3 is 2. The number of aromatic hydroxyl groups is 1. The summed E-state index contributed by atoms with van der Waals surface area (Å²) in [5.74, 6) is 0.783. The summed E-state index contributed by atoms with van der Waals surface area (Å²) in [6, 6.07) is 12.7. The van der Waals surface area contributed by atoms with E-state index in [9.17, 15) is 29.4 Å². The van der Waals surface area contributed by atoms with Gasteiger partial charge in [-0.3, -0.25) is 9.59 Å². The summed E-state index contributed by atoms with van der Waals surface area (Å²) in [6.07, 6.45) is 13.7. The number of aliphatic hydroxyl groups excluding tert-OH is 1. The standard InChI is InChI=1S/C25H39NO5.C25H37NO4/c1-17(2)8-11-20(7-6-14-27)22(15-18(3)4)24(29)26-23(25(30)31-5)16-19-9-12-21(28)13-10-19;1-17(2)8-11-20-7-6-14-30-21-12-9-19(10-13-21)16-23(25(28)29-5)26-24(27)22(20)15-18(3)4/h8-13,17-18,20,22-23,27-28H,6-7,14-16H2,1-5H3,(H,26,29);8-13,17-18,20,22-23H,6-7,14-16H2,1-5H3,(H,26,27)/b2*11-8+/t2*20-,22-,23+/m11/s1. The number of fused-ring (bicyclic) bond motifs is 11. The zero-order valence-electron chi connectivity index (χ0n) is 38.5. The Balaban J connectivity index is 0.000000420. The second-order valence-electron chi connectivity index (χ2n) is 17.8. The first-order valence-electron chi connectivity index (χ1n) is 22.2. The first-order valence-corrected chi connectivity index (χ1v) is 22.2. The Bertz CT molecular complexity index is 1650. The lowest BCUT2D eigenvalue weighted by atomic mass is 9.81. The number of hydrogen-bond donors (Lipinski definition) is 4. The van der Waals surface area contributed by atoms with Crippen molar-refractivity contribution in [1.29, 1.82) is 0 Å². The molecule has 0 aromatic heterocycles. The minimum absolute atomic E-state index is 0.0241. The lowest BCUT2D eigenvalue weighted by Crippen LogP contribution is -2.47. The molecule has 2 bridgehead atoms. The average Bonchev–Trinajstić information content (AvgIpc) is 3.21. The topological polar surface area (TPSA) is 160 Å². The van der Waals surface area contributed by atoms with Crippen LogP contribution in [0.3, 0.4) is 0 Å². The van der Waals surface area contributed by atoms with E-state index in [1.807, 2.05) is 24.3 Å². The Hall–Kier alpha value is -4.64. The van der Waals surface area contributed by atoms with Gasteiger partial charge in [-0.1, -0.05) is 104 Å². The number of rotatable bonds is 18. The fraction of sp³-hybridized carbons (Fsp3) is 0.600. The third-order valence-corrected chi connectivity index (χ3v) is 10.6. The van der Waals surface area contributed by atoms with Crippen molar-refractivity contribution in [3.63, 3.8) is 0 Å². The normalized spacial score (nSPS) is 18.9. The van der Waals surface area contributed by atoms with Crippen molar-refractivity contribution in [1.82, 2.24) is 10.6 Å². The van der Waals surface area contributed by atoms with Crippen molar-refractivity contribution in [2.24, 2.45) is 47.3 Å². The molecule has 2 amide bonds. The maximum Gasteiger partial charge on any atom is 0.328 e. The summed E-state index contributed by atoms with van der Waals surface area (Å²) in [5.41, 5.74) is 1.76. The Morgan fingerprint density at radius 3 is 2.10 bits per heavy atom. The fourth-order valence-corrected chi connectivity index (χ4v) is 7.45. The Morgan fingerprint density at radius 2 is 1.54 bits per heavy atom. The number of hydrogen-bond acceptors (Lipinski definition) is 9. The van der Waals surface area contributed by atoms with Crippen LogP contribution in [0, 0.1) is 47.3 Å². The summed E-state index contributed by atoms with van der Waals surface area (Å²) in [5, 5.41) is 24.7.